The number of benzene rings is 2. The Kier molecular flexibility index (Phi) is 5.99. The maximum absolute atomic E-state index is 11.2. The van der Waals surface area contributed by atoms with Crippen LogP contribution in [0.15, 0.2) is 36.4 Å². The number of aromatic hydroxyl groups is 1. The number of rotatable bonds is 6. The van der Waals surface area contributed by atoms with Gasteiger partial charge in [0.25, 0.3) is 0 Å². The van der Waals surface area contributed by atoms with E-state index in [9.17, 15) is 15.0 Å². The number of carbonyl (C=O) groups is 1. The average molecular weight is 465 g/mol. The minimum absolute atomic E-state index is 0.200. The van der Waals surface area contributed by atoms with Crippen molar-refractivity contribution < 1.29 is 24.5 Å². The second kappa shape index (κ2) is 8.83. The van der Waals surface area contributed by atoms with E-state index >= 15 is 0 Å². The summed E-state index contributed by atoms with van der Waals surface area (Å²) in [6.07, 6.45) is 7.08. The summed E-state index contributed by atoms with van der Waals surface area (Å²) in [4.78, 5) is 11.2. The zero-order chi connectivity index (χ0) is 24.0. The molecule has 2 aromatic carbocycles. The Balaban J connectivity index is 1.28. The summed E-state index contributed by atoms with van der Waals surface area (Å²) >= 11 is 0. The van der Waals surface area contributed by atoms with Gasteiger partial charge in [0.2, 0.25) is 0 Å². The molecule has 6 atom stereocenters. The highest BCUT2D eigenvalue weighted by atomic mass is 16.5. The van der Waals surface area contributed by atoms with E-state index in [1.54, 1.807) is 19.2 Å². The Labute approximate surface area is 202 Å². The average Bonchev–Trinajstić information content (AvgIpc) is 3.15. The van der Waals surface area contributed by atoms with Crippen LogP contribution in [-0.2, 0) is 6.42 Å². The molecule has 0 aromatic heterocycles. The number of ether oxygens (including phenoxy) is 2. The number of phenolic OH excluding ortho intramolecular Hbond substituents is 1. The summed E-state index contributed by atoms with van der Waals surface area (Å²) in [6, 6.07) is 10.8. The first-order valence-electron chi connectivity index (χ1n) is 12.7. The van der Waals surface area contributed by atoms with E-state index in [1.807, 2.05) is 12.1 Å². The SMILES string of the molecule is COc1cc(C(=O)O)ccc1OCC[C@H]1CCC2C3C(CC[C@@]21C)c1ccc(O)cc1C[C@H]3C. The van der Waals surface area contributed by atoms with Gasteiger partial charge >= 0.3 is 5.97 Å². The van der Waals surface area contributed by atoms with Gasteiger partial charge in [-0.15, -0.1) is 0 Å². The Morgan fingerprint density at radius 1 is 1.12 bits per heavy atom. The number of hydrogen-bond acceptors (Lipinski definition) is 4. The van der Waals surface area contributed by atoms with E-state index in [0.29, 0.717) is 52.9 Å². The van der Waals surface area contributed by atoms with Gasteiger partial charge in [-0.2, -0.15) is 0 Å². The molecule has 0 aliphatic heterocycles. The molecule has 0 saturated heterocycles. The maximum Gasteiger partial charge on any atom is 0.335 e. The molecule has 3 unspecified atom stereocenters. The van der Waals surface area contributed by atoms with E-state index in [1.165, 1.54) is 42.9 Å². The lowest BCUT2D eigenvalue weighted by atomic mass is 9.51. The molecule has 0 radical (unpaired) electrons. The number of methoxy groups -OCH3 is 1. The van der Waals surface area contributed by atoms with Gasteiger partial charge in [-0.25, -0.2) is 4.79 Å². The smallest absolute Gasteiger partial charge is 0.335 e. The molecule has 2 N–H and O–H groups in total. The molecule has 5 nitrogen and oxygen atoms in total. The molecule has 2 aromatic rings. The van der Waals surface area contributed by atoms with Crippen LogP contribution in [-0.4, -0.2) is 29.9 Å². The van der Waals surface area contributed by atoms with Crippen LogP contribution < -0.4 is 9.47 Å². The molecule has 5 rings (SSSR count). The van der Waals surface area contributed by atoms with Crippen LogP contribution in [0.25, 0.3) is 0 Å². The van der Waals surface area contributed by atoms with E-state index in [-0.39, 0.29) is 5.56 Å². The summed E-state index contributed by atoms with van der Waals surface area (Å²) in [7, 11) is 1.54. The first-order valence-corrected chi connectivity index (χ1v) is 12.7. The Bertz CT molecular complexity index is 1080. The van der Waals surface area contributed by atoms with Crippen molar-refractivity contribution in [3.63, 3.8) is 0 Å². The van der Waals surface area contributed by atoms with Crippen molar-refractivity contribution in [2.75, 3.05) is 13.7 Å². The summed E-state index contributed by atoms with van der Waals surface area (Å²) < 4.78 is 11.5. The monoisotopic (exact) mass is 464 g/mol. The number of phenols is 1. The molecule has 0 heterocycles. The van der Waals surface area contributed by atoms with Gasteiger partial charge in [-0.1, -0.05) is 19.9 Å². The molecule has 3 aliphatic rings. The molecule has 0 bridgehead atoms. The number of carboxylic acids is 1. The van der Waals surface area contributed by atoms with E-state index < -0.39 is 5.97 Å². The third kappa shape index (κ3) is 3.83. The van der Waals surface area contributed by atoms with E-state index in [2.05, 4.69) is 19.9 Å². The van der Waals surface area contributed by atoms with Crippen molar-refractivity contribution in [2.45, 2.75) is 58.3 Å². The largest absolute Gasteiger partial charge is 0.508 e. The van der Waals surface area contributed by atoms with Gasteiger partial charge < -0.3 is 19.7 Å². The highest BCUT2D eigenvalue weighted by Crippen LogP contribution is 2.64. The number of fused-ring (bicyclic) bond motifs is 5. The van der Waals surface area contributed by atoms with Gasteiger partial charge in [0.15, 0.2) is 11.5 Å². The van der Waals surface area contributed by atoms with E-state index in [4.69, 9.17) is 9.47 Å². The third-order valence-electron chi connectivity index (χ3n) is 9.39. The molecule has 34 heavy (non-hydrogen) atoms. The van der Waals surface area contributed by atoms with Crippen LogP contribution in [0.3, 0.4) is 0 Å². The third-order valence-corrected chi connectivity index (χ3v) is 9.39. The van der Waals surface area contributed by atoms with Crippen LogP contribution in [0.2, 0.25) is 0 Å². The van der Waals surface area contributed by atoms with Gasteiger partial charge in [0.05, 0.1) is 19.3 Å². The van der Waals surface area contributed by atoms with Crippen LogP contribution >= 0.6 is 0 Å². The second-order valence-electron chi connectivity index (χ2n) is 11.0. The van der Waals surface area contributed by atoms with Crippen molar-refractivity contribution in [1.82, 2.24) is 0 Å². The summed E-state index contributed by atoms with van der Waals surface area (Å²) in [5, 5.41) is 19.2. The van der Waals surface area contributed by atoms with Crippen molar-refractivity contribution in [2.24, 2.45) is 29.1 Å². The number of aromatic carboxylic acids is 1. The Morgan fingerprint density at radius 2 is 1.94 bits per heavy atom. The predicted molar refractivity (Wildman–Crippen MR) is 131 cm³/mol. The zero-order valence-corrected chi connectivity index (χ0v) is 20.4. The van der Waals surface area contributed by atoms with Crippen LogP contribution in [0.4, 0.5) is 0 Å². The molecule has 5 heteroatoms. The summed E-state index contributed by atoms with van der Waals surface area (Å²) in [5.74, 6) is 3.83. The Morgan fingerprint density at radius 3 is 2.71 bits per heavy atom. The lowest BCUT2D eigenvalue weighted by Gasteiger charge is -2.53. The lowest BCUT2D eigenvalue weighted by molar-refractivity contribution is 0.000862. The second-order valence-corrected chi connectivity index (χ2v) is 11.0. The predicted octanol–water partition coefficient (Wildman–Crippen LogP) is 6.29. The van der Waals surface area contributed by atoms with Crippen LogP contribution in [0.1, 0.15) is 73.4 Å². The zero-order valence-electron chi connectivity index (χ0n) is 20.4. The molecular formula is C29H36O5. The van der Waals surface area contributed by atoms with Crippen molar-refractivity contribution in [1.29, 1.82) is 0 Å². The molecule has 2 fully saturated rings. The highest BCUT2D eigenvalue weighted by Gasteiger charge is 2.55. The standard InChI is InChI=1S/C29H36O5/c1-17-14-19-15-21(30)6-7-22(19)23-10-12-29(2)20(5-8-24(29)27(17)23)11-13-34-25-9-4-18(28(31)32)16-26(25)33-3/h4,6-7,9,15-17,20,23-24,27,30H,5,8,10-14H2,1-3H3,(H,31,32)/t17-,20-,23?,24?,27?,29-/m1/s1. The fourth-order valence-corrected chi connectivity index (χ4v) is 7.78. The Hall–Kier alpha value is -2.69. The van der Waals surface area contributed by atoms with E-state index in [0.717, 1.165) is 18.8 Å². The summed E-state index contributed by atoms with van der Waals surface area (Å²) in [6.45, 7) is 5.55. The van der Waals surface area contributed by atoms with Crippen molar-refractivity contribution >= 4 is 5.97 Å². The first-order chi connectivity index (χ1) is 16.3. The van der Waals surface area contributed by atoms with Crippen LogP contribution in [0, 0.1) is 29.1 Å². The van der Waals surface area contributed by atoms with Gasteiger partial charge in [0, 0.05) is 0 Å². The minimum atomic E-state index is -0.971. The lowest BCUT2D eigenvalue weighted by Crippen LogP contribution is -2.45. The first kappa shape index (κ1) is 23.1. The summed E-state index contributed by atoms with van der Waals surface area (Å²) in [5.41, 5.74) is 3.37. The highest BCUT2D eigenvalue weighted by molar-refractivity contribution is 5.88. The minimum Gasteiger partial charge on any atom is -0.508 e. The molecule has 0 spiro atoms. The van der Waals surface area contributed by atoms with Crippen molar-refractivity contribution in [3.8, 4) is 17.2 Å². The van der Waals surface area contributed by atoms with Gasteiger partial charge in [0.1, 0.15) is 5.75 Å². The van der Waals surface area contributed by atoms with Gasteiger partial charge in [-0.3, -0.25) is 0 Å². The number of hydrogen-bond donors (Lipinski definition) is 2. The molecule has 182 valence electrons. The molecule has 2 saturated carbocycles. The topological polar surface area (TPSA) is 76.0 Å². The molecule has 0 amide bonds. The van der Waals surface area contributed by atoms with Crippen LogP contribution in [0.5, 0.6) is 17.2 Å². The number of carboxylic acid groups (broad SMARTS) is 1. The fourth-order valence-electron chi connectivity index (χ4n) is 7.78. The molecular weight excluding hydrogens is 428 g/mol. The molecule has 3 aliphatic carbocycles. The fraction of sp³-hybridized carbons (Fsp3) is 0.552. The normalized spacial score (nSPS) is 31.8. The van der Waals surface area contributed by atoms with Gasteiger partial charge in [-0.05, 0) is 115 Å². The van der Waals surface area contributed by atoms with Crippen molar-refractivity contribution in [3.05, 3.63) is 53.1 Å². The maximum atomic E-state index is 11.2. The quantitative estimate of drug-likeness (QED) is 0.526.